The average Bonchev–Trinajstić information content (AvgIpc) is 2.61. The summed E-state index contributed by atoms with van der Waals surface area (Å²) < 4.78 is 30.6. The summed E-state index contributed by atoms with van der Waals surface area (Å²) in [6.45, 7) is 8.14. The van der Waals surface area contributed by atoms with E-state index in [1.807, 2.05) is 52.0 Å². The molecule has 0 spiro atoms. The minimum Gasteiger partial charge on any atom is -0.491 e. The van der Waals surface area contributed by atoms with Gasteiger partial charge in [0, 0.05) is 18.7 Å². The van der Waals surface area contributed by atoms with Crippen LogP contribution in [0.2, 0.25) is 0 Å². The van der Waals surface area contributed by atoms with E-state index in [1.54, 1.807) is 17.0 Å². The van der Waals surface area contributed by atoms with Crippen LogP contribution in [-0.4, -0.2) is 32.7 Å². The molecule has 27 heavy (non-hydrogen) atoms. The van der Waals surface area contributed by atoms with Gasteiger partial charge in [-0.1, -0.05) is 12.1 Å². The Kier molecular flexibility index (Phi) is 7.02. The van der Waals surface area contributed by atoms with Gasteiger partial charge in [-0.25, -0.2) is 8.42 Å². The van der Waals surface area contributed by atoms with Crippen LogP contribution in [0.4, 0.5) is 5.69 Å². The highest BCUT2D eigenvalue weighted by atomic mass is 32.2. The Balaban J connectivity index is 2.06. The number of carbonyl (C=O) groups is 1. The van der Waals surface area contributed by atoms with Crippen LogP contribution in [0.5, 0.6) is 5.75 Å². The molecule has 2 aromatic rings. The van der Waals surface area contributed by atoms with E-state index in [2.05, 4.69) is 0 Å². The average molecular weight is 390 g/mol. The Labute approximate surface area is 161 Å². The van der Waals surface area contributed by atoms with Crippen molar-refractivity contribution in [1.82, 2.24) is 0 Å². The number of sulfone groups is 1. The van der Waals surface area contributed by atoms with E-state index in [0.717, 1.165) is 11.3 Å². The minimum atomic E-state index is -3.54. The fourth-order valence-corrected chi connectivity index (χ4v) is 4.00. The Morgan fingerprint density at radius 3 is 2.33 bits per heavy atom. The predicted octanol–water partition coefficient (Wildman–Crippen LogP) is 4.00. The van der Waals surface area contributed by atoms with Gasteiger partial charge in [0.2, 0.25) is 5.91 Å². The van der Waals surface area contributed by atoms with Crippen molar-refractivity contribution in [3.05, 3.63) is 54.1 Å². The molecule has 0 radical (unpaired) electrons. The summed E-state index contributed by atoms with van der Waals surface area (Å²) in [6, 6.07) is 13.9. The van der Waals surface area contributed by atoms with Crippen molar-refractivity contribution in [2.45, 2.75) is 45.1 Å². The van der Waals surface area contributed by atoms with E-state index in [9.17, 15) is 13.2 Å². The minimum absolute atomic E-state index is 0.0201. The fourth-order valence-electron chi connectivity index (χ4n) is 2.77. The monoisotopic (exact) mass is 389 g/mol. The van der Waals surface area contributed by atoms with Gasteiger partial charge in [-0.3, -0.25) is 4.79 Å². The number of nitrogens with zero attached hydrogens (tertiary/aromatic N) is 1. The Bertz CT molecular complexity index is 873. The van der Waals surface area contributed by atoms with Crippen LogP contribution in [0.25, 0.3) is 0 Å². The highest BCUT2D eigenvalue weighted by Crippen LogP contribution is 2.20. The summed E-state index contributed by atoms with van der Waals surface area (Å²) >= 11 is 0. The number of amides is 1. The summed E-state index contributed by atoms with van der Waals surface area (Å²) in [7, 11) is -3.54. The Morgan fingerprint density at radius 1 is 1.11 bits per heavy atom. The van der Waals surface area contributed by atoms with Crippen LogP contribution < -0.4 is 9.64 Å². The molecule has 0 bridgehead atoms. The smallest absolute Gasteiger partial charge is 0.228 e. The lowest BCUT2D eigenvalue weighted by Crippen LogP contribution is -2.32. The number of rotatable bonds is 8. The maximum absolute atomic E-state index is 12.6. The summed E-state index contributed by atoms with van der Waals surface area (Å²) in [5.41, 5.74) is 1.84. The van der Waals surface area contributed by atoms with Crippen LogP contribution in [-0.2, 0) is 14.6 Å². The van der Waals surface area contributed by atoms with Crippen LogP contribution in [0.15, 0.2) is 53.4 Å². The number of carbonyl (C=O) groups excluding carboxylic acids is 1. The van der Waals surface area contributed by atoms with E-state index < -0.39 is 9.84 Å². The van der Waals surface area contributed by atoms with Crippen molar-refractivity contribution >= 4 is 21.4 Å². The van der Waals surface area contributed by atoms with Crippen LogP contribution in [0.1, 0.15) is 32.8 Å². The first-order valence-electron chi connectivity index (χ1n) is 9.09. The molecule has 0 saturated heterocycles. The molecule has 1 amide bonds. The number of anilines is 1. The number of aryl methyl sites for hydroxylation is 1. The highest BCUT2D eigenvalue weighted by Gasteiger charge is 2.20. The zero-order valence-corrected chi connectivity index (χ0v) is 17.1. The van der Waals surface area contributed by atoms with Crippen molar-refractivity contribution in [2.75, 3.05) is 17.2 Å². The maximum Gasteiger partial charge on any atom is 0.228 e. The molecule has 0 aliphatic rings. The van der Waals surface area contributed by atoms with Gasteiger partial charge in [0.05, 0.1) is 16.8 Å². The molecule has 0 saturated carbocycles. The zero-order valence-electron chi connectivity index (χ0n) is 16.3. The van der Waals surface area contributed by atoms with Crippen molar-refractivity contribution in [1.29, 1.82) is 0 Å². The van der Waals surface area contributed by atoms with Crippen molar-refractivity contribution < 1.29 is 17.9 Å². The van der Waals surface area contributed by atoms with Crippen molar-refractivity contribution in [3.8, 4) is 5.75 Å². The molecule has 5 nitrogen and oxygen atoms in total. The van der Waals surface area contributed by atoms with Gasteiger partial charge < -0.3 is 9.64 Å². The molecule has 0 aliphatic carbocycles. The third-order valence-electron chi connectivity index (χ3n) is 4.07. The first-order chi connectivity index (χ1) is 12.7. The van der Waals surface area contributed by atoms with Gasteiger partial charge in [0.1, 0.15) is 5.75 Å². The number of benzene rings is 2. The molecule has 0 N–H and O–H groups in total. The second-order valence-electron chi connectivity index (χ2n) is 6.68. The second-order valence-corrected chi connectivity index (χ2v) is 8.79. The van der Waals surface area contributed by atoms with Crippen molar-refractivity contribution in [3.63, 3.8) is 0 Å². The van der Waals surface area contributed by atoms with Gasteiger partial charge in [-0.15, -0.1) is 0 Å². The molecule has 2 aromatic carbocycles. The first-order valence-corrected chi connectivity index (χ1v) is 10.7. The normalized spacial score (nSPS) is 11.4. The van der Waals surface area contributed by atoms with E-state index >= 15 is 0 Å². The predicted molar refractivity (Wildman–Crippen MR) is 108 cm³/mol. The molecule has 0 atom stereocenters. The molecule has 0 fully saturated rings. The summed E-state index contributed by atoms with van der Waals surface area (Å²) in [5.74, 6) is 0.196. The molecule has 0 heterocycles. The Hall–Kier alpha value is -2.34. The molecule has 146 valence electrons. The molecule has 6 heteroatoms. The Morgan fingerprint density at radius 2 is 1.78 bits per heavy atom. The number of hydrogen-bond acceptors (Lipinski definition) is 4. The van der Waals surface area contributed by atoms with E-state index in [-0.39, 0.29) is 29.1 Å². The summed E-state index contributed by atoms with van der Waals surface area (Å²) in [4.78, 5) is 14.4. The van der Waals surface area contributed by atoms with Crippen LogP contribution in [0, 0.1) is 6.92 Å². The molecular formula is C21H27NO4S. The summed E-state index contributed by atoms with van der Waals surface area (Å²) in [6.07, 6.45) is -0.0410. The van der Waals surface area contributed by atoms with Crippen LogP contribution in [0.3, 0.4) is 0 Å². The molecule has 2 rings (SSSR count). The van der Waals surface area contributed by atoms with E-state index in [0.29, 0.717) is 12.3 Å². The lowest BCUT2D eigenvalue weighted by Gasteiger charge is -2.21. The molecule has 0 unspecified atom stereocenters. The largest absolute Gasteiger partial charge is 0.491 e. The maximum atomic E-state index is 12.6. The van der Waals surface area contributed by atoms with Gasteiger partial charge in [0.25, 0.3) is 0 Å². The zero-order chi connectivity index (χ0) is 20.0. The van der Waals surface area contributed by atoms with Gasteiger partial charge in [-0.2, -0.15) is 0 Å². The van der Waals surface area contributed by atoms with Gasteiger partial charge in [0.15, 0.2) is 9.84 Å². The molecule has 0 aromatic heterocycles. The van der Waals surface area contributed by atoms with E-state index in [4.69, 9.17) is 4.74 Å². The lowest BCUT2D eigenvalue weighted by atomic mass is 10.2. The first kappa shape index (κ1) is 21.0. The quantitative estimate of drug-likeness (QED) is 0.685. The highest BCUT2D eigenvalue weighted by molar-refractivity contribution is 7.91. The number of hydrogen-bond donors (Lipinski definition) is 0. The standard InChI is InChI=1S/C21H27NO4S/c1-5-22(18-8-6-7-17(4)15-18)21(23)13-14-27(24,25)20-11-9-19(10-12-20)26-16(2)3/h6-12,15-16H,5,13-14H2,1-4H3. The van der Waals surface area contributed by atoms with Crippen LogP contribution >= 0.6 is 0 Å². The summed E-state index contributed by atoms with van der Waals surface area (Å²) in [5, 5.41) is 0. The number of ether oxygens (including phenoxy) is 1. The molecular weight excluding hydrogens is 362 g/mol. The van der Waals surface area contributed by atoms with Crippen molar-refractivity contribution in [2.24, 2.45) is 0 Å². The van der Waals surface area contributed by atoms with Gasteiger partial charge >= 0.3 is 0 Å². The third kappa shape index (κ3) is 5.82. The fraction of sp³-hybridized carbons (Fsp3) is 0.381. The topological polar surface area (TPSA) is 63.7 Å². The lowest BCUT2D eigenvalue weighted by molar-refractivity contribution is -0.118. The SMILES string of the molecule is CCN(C(=O)CCS(=O)(=O)c1ccc(OC(C)C)cc1)c1cccc(C)c1. The third-order valence-corrected chi connectivity index (χ3v) is 5.80. The van der Waals surface area contributed by atoms with E-state index in [1.165, 1.54) is 12.1 Å². The van der Waals surface area contributed by atoms with Gasteiger partial charge in [-0.05, 0) is 69.7 Å². The second kappa shape index (κ2) is 9.04. The molecule has 0 aliphatic heterocycles.